The molecule has 5 amide bonds. The molecule has 1 aromatic heterocycles. The highest BCUT2D eigenvalue weighted by Gasteiger charge is 2.35. The molecule has 0 spiro atoms. The molecule has 4 heterocycles. The number of fused-ring (bicyclic) bond motifs is 2. The lowest BCUT2D eigenvalue weighted by molar-refractivity contribution is -0.134. The Balaban J connectivity index is 1.09. The number of H-pyrrole nitrogens is 1. The molecule has 11 nitrogen and oxygen atoms in total. The van der Waals surface area contributed by atoms with Crippen molar-refractivity contribution in [2.24, 2.45) is 0 Å². The molecule has 3 N–H and O–H groups in total. The molecule has 46 heavy (non-hydrogen) atoms. The summed E-state index contributed by atoms with van der Waals surface area (Å²) in [6.45, 7) is 9.60. The number of hydrogen-bond acceptors (Lipinski definition) is 5. The summed E-state index contributed by atoms with van der Waals surface area (Å²) in [5.74, 6) is -0.0192. The maximum Gasteiger partial charge on any atom is 0.322 e. The second kappa shape index (κ2) is 14.5. The highest BCUT2D eigenvalue weighted by Crippen LogP contribution is 2.28. The molecule has 1 atom stereocenters. The number of amides is 5. The average Bonchev–Trinajstić information content (AvgIpc) is 3.56. The van der Waals surface area contributed by atoms with Crippen LogP contribution in [0, 0.1) is 0 Å². The lowest BCUT2D eigenvalue weighted by atomic mass is 9.99. The van der Waals surface area contributed by atoms with E-state index < -0.39 is 6.04 Å². The van der Waals surface area contributed by atoms with Gasteiger partial charge in [0.2, 0.25) is 5.91 Å². The number of piperidine rings is 2. The number of anilines is 1. The van der Waals surface area contributed by atoms with E-state index in [0.29, 0.717) is 58.0 Å². The van der Waals surface area contributed by atoms with Gasteiger partial charge in [0.05, 0.1) is 11.7 Å². The average molecular weight is 629 g/mol. The van der Waals surface area contributed by atoms with Gasteiger partial charge in [-0.15, -0.1) is 0 Å². The Morgan fingerprint density at radius 2 is 1.78 bits per heavy atom. The van der Waals surface area contributed by atoms with Crippen LogP contribution in [0.1, 0.15) is 63.5 Å². The van der Waals surface area contributed by atoms with E-state index in [1.165, 1.54) is 12.8 Å². The predicted molar refractivity (Wildman–Crippen MR) is 179 cm³/mol. The molecule has 0 radical (unpaired) electrons. The van der Waals surface area contributed by atoms with Gasteiger partial charge in [0, 0.05) is 62.3 Å². The number of nitrogens with one attached hydrogen (secondary N) is 3. The first-order chi connectivity index (χ1) is 22.4. The second-order valence-corrected chi connectivity index (χ2v) is 13.0. The molecule has 2 aromatic carbocycles. The van der Waals surface area contributed by atoms with Gasteiger partial charge in [-0.2, -0.15) is 5.10 Å². The first kappa shape index (κ1) is 31.8. The maximum absolute atomic E-state index is 14.1. The summed E-state index contributed by atoms with van der Waals surface area (Å²) in [5, 5.41) is 14.2. The van der Waals surface area contributed by atoms with Crippen molar-refractivity contribution in [1.29, 1.82) is 0 Å². The zero-order valence-electron chi connectivity index (χ0n) is 27.2. The number of unbranched alkanes of at least 4 members (excludes halogenated alkanes) is 1. The Labute approximate surface area is 271 Å². The molecule has 3 aliphatic rings. The Morgan fingerprint density at radius 1 is 1.02 bits per heavy atom. The summed E-state index contributed by atoms with van der Waals surface area (Å²) >= 11 is 0. The minimum Gasteiger partial charge on any atom is -0.341 e. The lowest BCUT2D eigenvalue weighted by Gasteiger charge is -2.41. The molecular formula is C35H48N8O3. The van der Waals surface area contributed by atoms with E-state index in [2.05, 4.69) is 39.6 Å². The van der Waals surface area contributed by atoms with E-state index in [0.717, 1.165) is 53.6 Å². The zero-order chi connectivity index (χ0) is 32.0. The fraction of sp³-hybridized carbons (Fsp3) is 0.543. The number of benzene rings is 2. The normalized spacial score (nSPS) is 18.5. The summed E-state index contributed by atoms with van der Waals surface area (Å²) < 4.78 is 0. The highest BCUT2D eigenvalue weighted by molar-refractivity contribution is 5.92. The Kier molecular flexibility index (Phi) is 10.1. The van der Waals surface area contributed by atoms with E-state index in [1.54, 1.807) is 11.1 Å². The molecule has 0 unspecified atom stereocenters. The van der Waals surface area contributed by atoms with Crippen LogP contribution in [0.25, 0.3) is 10.9 Å². The second-order valence-electron chi connectivity index (χ2n) is 13.0. The van der Waals surface area contributed by atoms with Crippen LogP contribution >= 0.6 is 0 Å². The van der Waals surface area contributed by atoms with Crippen molar-refractivity contribution in [1.82, 2.24) is 35.1 Å². The number of carbonyl (C=O) groups excluding carboxylic acids is 3. The van der Waals surface area contributed by atoms with Crippen molar-refractivity contribution in [2.45, 2.75) is 83.5 Å². The van der Waals surface area contributed by atoms with Gasteiger partial charge >= 0.3 is 12.1 Å². The number of carbonyl (C=O) groups is 3. The molecule has 2 fully saturated rings. The van der Waals surface area contributed by atoms with Gasteiger partial charge in [-0.25, -0.2) is 9.59 Å². The van der Waals surface area contributed by atoms with Crippen LogP contribution in [0.5, 0.6) is 0 Å². The van der Waals surface area contributed by atoms with Crippen LogP contribution < -0.4 is 10.6 Å². The van der Waals surface area contributed by atoms with E-state index in [-0.39, 0.29) is 24.0 Å². The Bertz CT molecular complexity index is 1510. The van der Waals surface area contributed by atoms with E-state index >= 15 is 0 Å². The first-order valence-electron chi connectivity index (χ1n) is 17.1. The van der Waals surface area contributed by atoms with Gasteiger partial charge in [-0.3, -0.25) is 9.89 Å². The van der Waals surface area contributed by atoms with Crippen molar-refractivity contribution in [3.05, 3.63) is 59.8 Å². The first-order valence-corrected chi connectivity index (χ1v) is 17.1. The van der Waals surface area contributed by atoms with Gasteiger partial charge < -0.3 is 30.2 Å². The summed E-state index contributed by atoms with van der Waals surface area (Å²) in [7, 11) is 0. The van der Waals surface area contributed by atoms with Crippen LogP contribution in [0.4, 0.5) is 15.3 Å². The number of hydrogen-bond donors (Lipinski definition) is 3. The quantitative estimate of drug-likeness (QED) is 0.298. The Morgan fingerprint density at radius 3 is 2.54 bits per heavy atom. The SMILES string of the molecule is CCCCN(CC)C1CCN(C(=O)[C@@H](Cc2ccc3[nH]ncc3c2)NC(=O)N2CCC(N3Cc4ccccc4NC3=O)CC2)CC1. The van der Waals surface area contributed by atoms with Crippen LogP contribution in [0.3, 0.4) is 0 Å². The molecule has 3 aromatic rings. The molecule has 0 bridgehead atoms. The minimum atomic E-state index is -0.669. The van der Waals surface area contributed by atoms with E-state index in [1.807, 2.05) is 52.3 Å². The number of para-hydroxylation sites is 1. The molecule has 246 valence electrons. The van der Waals surface area contributed by atoms with Crippen molar-refractivity contribution in [3.63, 3.8) is 0 Å². The monoisotopic (exact) mass is 628 g/mol. The summed E-state index contributed by atoms with van der Waals surface area (Å²) in [4.78, 5) is 48.8. The molecule has 3 aliphatic heterocycles. The number of rotatable bonds is 10. The summed E-state index contributed by atoms with van der Waals surface area (Å²) in [6, 6.07) is 13.5. The number of aromatic nitrogens is 2. The zero-order valence-corrected chi connectivity index (χ0v) is 27.2. The fourth-order valence-electron chi connectivity index (χ4n) is 7.33. The fourth-order valence-corrected chi connectivity index (χ4v) is 7.33. The molecule has 2 saturated heterocycles. The van der Waals surface area contributed by atoms with Crippen LogP contribution in [0.2, 0.25) is 0 Å². The van der Waals surface area contributed by atoms with Crippen LogP contribution in [-0.4, -0.2) is 105 Å². The van der Waals surface area contributed by atoms with Gasteiger partial charge in [0.1, 0.15) is 6.04 Å². The number of aromatic amines is 1. The largest absolute Gasteiger partial charge is 0.341 e. The number of nitrogens with zero attached hydrogens (tertiary/aromatic N) is 5. The third kappa shape index (κ3) is 7.14. The van der Waals surface area contributed by atoms with E-state index in [9.17, 15) is 14.4 Å². The molecule has 0 saturated carbocycles. The lowest BCUT2D eigenvalue weighted by Crippen LogP contribution is -2.57. The van der Waals surface area contributed by atoms with E-state index in [4.69, 9.17) is 0 Å². The van der Waals surface area contributed by atoms with Crippen LogP contribution in [0.15, 0.2) is 48.7 Å². The molecular weight excluding hydrogens is 580 g/mol. The van der Waals surface area contributed by atoms with Gasteiger partial charge in [0.15, 0.2) is 0 Å². The predicted octanol–water partition coefficient (Wildman–Crippen LogP) is 4.81. The maximum atomic E-state index is 14.1. The van der Waals surface area contributed by atoms with Crippen molar-refractivity contribution >= 4 is 34.6 Å². The van der Waals surface area contributed by atoms with Gasteiger partial charge in [0.25, 0.3) is 0 Å². The molecule has 0 aliphatic carbocycles. The Hall–Kier alpha value is -4.12. The van der Waals surface area contributed by atoms with Crippen molar-refractivity contribution in [3.8, 4) is 0 Å². The highest BCUT2D eigenvalue weighted by atomic mass is 16.2. The molecule has 6 rings (SSSR count). The van der Waals surface area contributed by atoms with Crippen LogP contribution in [-0.2, 0) is 17.8 Å². The van der Waals surface area contributed by atoms with Gasteiger partial charge in [-0.1, -0.05) is 44.5 Å². The summed E-state index contributed by atoms with van der Waals surface area (Å²) in [6.07, 6.45) is 7.85. The standard InChI is InChI=1S/C35H48N8O3/c1-3-5-16-40(4-2)28-12-17-41(18-13-28)33(44)32(22-25-10-11-31-27(21-25)23-36-39-31)38-34(45)42-19-14-29(15-20-42)43-24-26-8-6-7-9-30(26)37-35(43)46/h6-11,21,23,28-29,32H,3-5,12-20,22,24H2,1-2H3,(H,36,39)(H,37,46)(H,38,45)/t32-/m1/s1. The summed E-state index contributed by atoms with van der Waals surface area (Å²) in [5.41, 5.74) is 3.89. The third-order valence-corrected chi connectivity index (χ3v) is 10.1. The number of urea groups is 2. The minimum absolute atomic E-state index is 0.0192. The third-order valence-electron chi connectivity index (χ3n) is 10.1. The van der Waals surface area contributed by atoms with Crippen molar-refractivity contribution in [2.75, 3.05) is 44.6 Å². The topological polar surface area (TPSA) is 117 Å². The van der Waals surface area contributed by atoms with Gasteiger partial charge in [-0.05, 0) is 74.5 Å². The van der Waals surface area contributed by atoms with Crippen molar-refractivity contribution < 1.29 is 14.4 Å². The number of likely N-dealkylation sites (tertiary alicyclic amines) is 2. The smallest absolute Gasteiger partial charge is 0.322 e. The molecule has 11 heteroatoms.